The van der Waals surface area contributed by atoms with E-state index in [1.54, 1.807) is 18.2 Å². The van der Waals surface area contributed by atoms with Gasteiger partial charge < -0.3 is 15.8 Å². The van der Waals surface area contributed by atoms with Gasteiger partial charge in [0.1, 0.15) is 5.75 Å². The van der Waals surface area contributed by atoms with Crippen molar-refractivity contribution in [2.24, 2.45) is 5.73 Å². The lowest BCUT2D eigenvalue weighted by Gasteiger charge is -2.08. The highest BCUT2D eigenvalue weighted by atomic mass is 35.5. The quantitative estimate of drug-likeness (QED) is 0.757. The Morgan fingerprint density at radius 3 is 2.42 bits per heavy atom. The lowest BCUT2D eigenvalue weighted by Crippen LogP contribution is -2.29. The second kappa shape index (κ2) is 10.1. The Labute approximate surface area is 129 Å². The molecule has 1 rings (SSSR count). The van der Waals surface area contributed by atoms with Gasteiger partial charge in [0.2, 0.25) is 0 Å². The lowest BCUT2D eigenvalue weighted by molar-refractivity contribution is -0.123. The number of hydrogen-bond donors (Lipinski definition) is 2. The monoisotopic (exact) mass is 326 g/mol. The molecule has 1 amide bonds. The smallest absolute Gasteiger partial charge is 0.257 e. The summed E-state index contributed by atoms with van der Waals surface area (Å²) in [6.07, 6.45) is 1.76. The molecule has 0 saturated heterocycles. The van der Waals surface area contributed by atoms with Gasteiger partial charge in [0.15, 0.2) is 6.61 Å². The number of halogens is 3. The van der Waals surface area contributed by atoms with Crippen LogP contribution in [0.4, 0.5) is 0 Å². The summed E-state index contributed by atoms with van der Waals surface area (Å²) in [5.74, 6) is 0.299. The molecule has 0 fully saturated rings. The van der Waals surface area contributed by atoms with Crippen LogP contribution >= 0.6 is 35.6 Å². The zero-order valence-electron chi connectivity index (χ0n) is 10.3. The van der Waals surface area contributed by atoms with Gasteiger partial charge in [-0.2, -0.15) is 0 Å². The largest absolute Gasteiger partial charge is 0.484 e. The van der Waals surface area contributed by atoms with Crippen molar-refractivity contribution in [3.8, 4) is 5.75 Å². The maximum absolute atomic E-state index is 11.4. The molecule has 0 bridgehead atoms. The number of amides is 1. The van der Waals surface area contributed by atoms with Gasteiger partial charge in [-0.3, -0.25) is 4.79 Å². The van der Waals surface area contributed by atoms with Crippen LogP contribution in [-0.4, -0.2) is 25.6 Å². The number of unbranched alkanes of at least 4 members (excludes halogenated alkanes) is 1. The highest BCUT2D eigenvalue weighted by Crippen LogP contribution is 2.23. The van der Waals surface area contributed by atoms with Crippen LogP contribution < -0.4 is 15.8 Å². The molecule has 4 nitrogen and oxygen atoms in total. The Bertz CT molecular complexity index is 382. The van der Waals surface area contributed by atoms with Crippen LogP contribution in [0.2, 0.25) is 10.0 Å². The summed E-state index contributed by atoms with van der Waals surface area (Å²) in [6.45, 7) is 1.18. The normalized spacial score (nSPS) is 9.63. The molecule has 0 aliphatic heterocycles. The lowest BCUT2D eigenvalue weighted by atomic mass is 10.3. The Balaban J connectivity index is 0.00000324. The third kappa shape index (κ3) is 8.16. The Kier molecular flexibility index (Phi) is 9.79. The molecule has 0 saturated carbocycles. The number of carbonyl (C=O) groups excluding carboxylic acids is 1. The molecule has 3 N–H and O–H groups in total. The molecule has 1 aromatic carbocycles. The number of nitrogens with one attached hydrogen (secondary N) is 1. The molecular weight excluding hydrogens is 311 g/mol. The van der Waals surface area contributed by atoms with Crippen molar-refractivity contribution < 1.29 is 9.53 Å². The summed E-state index contributed by atoms with van der Waals surface area (Å²) in [7, 11) is 0. The minimum absolute atomic E-state index is 0. The minimum atomic E-state index is -0.178. The first-order valence-electron chi connectivity index (χ1n) is 5.67. The second-order valence-corrected chi connectivity index (χ2v) is 4.61. The van der Waals surface area contributed by atoms with E-state index in [2.05, 4.69) is 5.32 Å². The predicted octanol–water partition coefficient (Wildman–Crippen LogP) is 2.65. The van der Waals surface area contributed by atoms with Gasteiger partial charge in [0, 0.05) is 16.6 Å². The third-order valence-electron chi connectivity index (χ3n) is 2.16. The number of rotatable bonds is 7. The van der Waals surface area contributed by atoms with Gasteiger partial charge >= 0.3 is 0 Å². The molecule has 0 aromatic heterocycles. The van der Waals surface area contributed by atoms with Crippen molar-refractivity contribution in [2.75, 3.05) is 19.7 Å². The number of hydrogen-bond acceptors (Lipinski definition) is 3. The van der Waals surface area contributed by atoms with E-state index in [4.69, 9.17) is 33.7 Å². The Hall–Kier alpha value is -0.680. The molecule has 0 aliphatic carbocycles. The van der Waals surface area contributed by atoms with Crippen LogP contribution in [0, 0.1) is 0 Å². The predicted molar refractivity (Wildman–Crippen MR) is 80.5 cm³/mol. The van der Waals surface area contributed by atoms with E-state index >= 15 is 0 Å². The first kappa shape index (κ1) is 18.3. The molecule has 0 unspecified atom stereocenters. The third-order valence-corrected chi connectivity index (χ3v) is 2.60. The summed E-state index contributed by atoms with van der Waals surface area (Å²) >= 11 is 11.6. The van der Waals surface area contributed by atoms with Gasteiger partial charge in [-0.15, -0.1) is 12.4 Å². The Morgan fingerprint density at radius 2 is 1.84 bits per heavy atom. The van der Waals surface area contributed by atoms with Gasteiger partial charge in [0.25, 0.3) is 5.91 Å². The zero-order chi connectivity index (χ0) is 13.4. The van der Waals surface area contributed by atoms with Crippen molar-refractivity contribution >= 4 is 41.5 Å². The van der Waals surface area contributed by atoms with E-state index < -0.39 is 0 Å². The van der Waals surface area contributed by atoms with Crippen molar-refractivity contribution in [1.29, 1.82) is 0 Å². The molecule has 0 atom stereocenters. The molecule has 0 radical (unpaired) electrons. The number of benzene rings is 1. The summed E-state index contributed by atoms with van der Waals surface area (Å²) < 4.78 is 5.28. The molecule has 0 heterocycles. The first-order chi connectivity index (χ1) is 8.61. The van der Waals surface area contributed by atoms with Crippen molar-refractivity contribution in [3.63, 3.8) is 0 Å². The summed E-state index contributed by atoms with van der Waals surface area (Å²) in [5.41, 5.74) is 5.35. The average molecular weight is 328 g/mol. The van der Waals surface area contributed by atoms with Crippen LogP contribution in [0.25, 0.3) is 0 Å². The molecule has 19 heavy (non-hydrogen) atoms. The van der Waals surface area contributed by atoms with Crippen LogP contribution in [0.3, 0.4) is 0 Å². The van der Waals surface area contributed by atoms with E-state index in [0.29, 0.717) is 28.9 Å². The fourth-order valence-corrected chi connectivity index (χ4v) is 1.81. The van der Waals surface area contributed by atoms with E-state index in [1.807, 2.05) is 0 Å². The van der Waals surface area contributed by atoms with Crippen molar-refractivity contribution in [3.05, 3.63) is 28.2 Å². The maximum Gasteiger partial charge on any atom is 0.257 e. The van der Waals surface area contributed by atoms with E-state index in [-0.39, 0.29) is 24.9 Å². The van der Waals surface area contributed by atoms with Gasteiger partial charge in [-0.05, 0) is 37.6 Å². The van der Waals surface area contributed by atoms with Crippen LogP contribution in [-0.2, 0) is 4.79 Å². The molecule has 0 aliphatic rings. The van der Waals surface area contributed by atoms with Crippen molar-refractivity contribution in [1.82, 2.24) is 5.32 Å². The molecule has 1 aromatic rings. The fourth-order valence-electron chi connectivity index (χ4n) is 1.31. The topological polar surface area (TPSA) is 64.3 Å². The van der Waals surface area contributed by atoms with E-state index in [9.17, 15) is 4.79 Å². The standard InChI is InChI=1S/C12H16Cl2N2O2.ClH/c13-9-5-10(14)7-11(6-9)18-8-12(17)16-4-2-1-3-15;/h5-7H,1-4,8,15H2,(H,16,17);1H. The van der Waals surface area contributed by atoms with Gasteiger partial charge in [-0.25, -0.2) is 0 Å². The SMILES string of the molecule is Cl.NCCCCNC(=O)COc1cc(Cl)cc(Cl)c1. The van der Waals surface area contributed by atoms with Crippen LogP contribution in [0.15, 0.2) is 18.2 Å². The van der Waals surface area contributed by atoms with Crippen LogP contribution in [0.1, 0.15) is 12.8 Å². The second-order valence-electron chi connectivity index (χ2n) is 3.74. The number of carbonyl (C=O) groups is 1. The molecule has 108 valence electrons. The number of ether oxygens (including phenoxy) is 1. The average Bonchev–Trinajstić information content (AvgIpc) is 2.31. The van der Waals surface area contributed by atoms with E-state index in [0.717, 1.165) is 12.8 Å². The fraction of sp³-hybridized carbons (Fsp3) is 0.417. The summed E-state index contributed by atoms with van der Waals surface area (Å²) in [5, 5.41) is 3.68. The minimum Gasteiger partial charge on any atom is -0.484 e. The molecule has 7 heteroatoms. The first-order valence-corrected chi connectivity index (χ1v) is 6.43. The molecule has 0 spiro atoms. The molecular formula is C12H17Cl3N2O2. The zero-order valence-corrected chi connectivity index (χ0v) is 12.7. The van der Waals surface area contributed by atoms with Crippen molar-refractivity contribution in [2.45, 2.75) is 12.8 Å². The van der Waals surface area contributed by atoms with Gasteiger partial charge in [-0.1, -0.05) is 23.2 Å². The van der Waals surface area contributed by atoms with Crippen LogP contribution in [0.5, 0.6) is 5.75 Å². The number of nitrogens with two attached hydrogens (primary N) is 1. The van der Waals surface area contributed by atoms with Gasteiger partial charge in [0.05, 0.1) is 0 Å². The van der Waals surface area contributed by atoms with E-state index in [1.165, 1.54) is 0 Å². The summed E-state index contributed by atoms with van der Waals surface area (Å²) in [4.78, 5) is 11.4. The maximum atomic E-state index is 11.4. The summed E-state index contributed by atoms with van der Waals surface area (Å²) in [6, 6.07) is 4.81. The highest BCUT2D eigenvalue weighted by molar-refractivity contribution is 6.34. The Morgan fingerprint density at radius 1 is 1.21 bits per heavy atom. The highest BCUT2D eigenvalue weighted by Gasteiger charge is 2.03.